The van der Waals surface area contributed by atoms with Crippen molar-refractivity contribution >= 4 is 23.1 Å². The van der Waals surface area contributed by atoms with Crippen LogP contribution in [0.15, 0.2) is 22.0 Å². The van der Waals surface area contributed by atoms with Gasteiger partial charge in [-0.2, -0.15) is 11.3 Å². The summed E-state index contributed by atoms with van der Waals surface area (Å²) in [6.45, 7) is 3.35. The summed E-state index contributed by atoms with van der Waals surface area (Å²) in [4.78, 5) is 16.0. The van der Waals surface area contributed by atoms with Crippen molar-refractivity contribution in [1.29, 1.82) is 0 Å². The van der Waals surface area contributed by atoms with Crippen LogP contribution < -0.4 is 5.73 Å². The van der Waals surface area contributed by atoms with Gasteiger partial charge >= 0.3 is 0 Å². The van der Waals surface area contributed by atoms with E-state index < -0.39 is 0 Å². The van der Waals surface area contributed by atoms with Crippen molar-refractivity contribution in [2.75, 3.05) is 32.7 Å². The van der Waals surface area contributed by atoms with Crippen molar-refractivity contribution in [3.8, 4) is 0 Å². The molecule has 1 amide bonds. The van der Waals surface area contributed by atoms with Crippen molar-refractivity contribution in [1.82, 2.24) is 9.80 Å². The molecule has 1 aliphatic heterocycles. The number of oxime groups is 1. The van der Waals surface area contributed by atoms with Crippen LogP contribution in [-0.2, 0) is 11.2 Å². The SMILES string of the molecule is NC(CN1CCN(C(=O)Cc2ccsc2)CC1)=NO. The number of amides is 1. The molecule has 19 heavy (non-hydrogen) atoms. The van der Waals surface area contributed by atoms with Crippen LogP contribution in [0.5, 0.6) is 0 Å². The summed E-state index contributed by atoms with van der Waals surface area (Å²) < 4.78 is 0. The third-order valence-corrected chi connectivity index (χ3v) is 3.91. The van der Waals surface area contributed by atoms with Crippen molar-refractivity contribution in [2.45, 2.75) is 6.42 Å². The number of nitrogens with zero attached hydrogens (tertiary/aromatic N) is 3. The molecule has 0 saturated carbocycles. The first-order chi connectivity index (χ1) is 9.19. The van der Waals surface area contributed by atoms with Gasteiger partial charge in [0, 0.05) is 26.2 Å². The molecule has 2 rings (SSSR count). The summed E-state index contributed by atoms with van der Waals surface area (Å²) in [5.41, 5.74) is 6.55. The van der Waals surface area contributed by atoms with E-state index in [1.165, 1.54) is 0 Å². The fourth-order valence-electron chi connectivity index (χ4n) is 2.10. The van der Waals surface area contributed by atoms with Crippen LogP contribution in [0, 0.1) is 0 Å². The number of hydrogen-bond donors (Lipinski definition) is 2. The Labute approximate surface area is 116 Å². The molecule has 1 aliphatic rings. The molecule has 1 fully saturated rings. The minimum Gasteiger partial charge on any atom is -0.409 e. The lowest BCUT2D eigenvalue weighted by molar-refractivity contribution is -0.132. The van der Waals surface area contributed by atoms with Crippen molar-refractivity contribution in [2.24, 2.45) is 10.9 Å². The molecule has 0 spiro atoms. The van der Waals surface area contributed by atoms with Crippen molar-refractivity contribution in [3.63, 3.8) is 0 Å². The van der Waals surface area contributed by atoms with Crippen LogP contribution in [-0.4, -0.2) is 59.5 Å². The molecule has 0 bridgehead atoms. The lowest BCUT2D eigenvalue weighted by Gasteiger charge is -2.34. The molecule has 1 aromatic rings. The third kappa shape index (κ3) is 3.93. The second-order valence-electron chi connectivity index (χ2n) is 4.56. The van der Waals surface area contributed by atoms with E-state index in [0.29, 0.717) is 26.1 Å². The summed E-state index contributed by atoms with van der Waals surface area (Å²) >= 11 is 1.61. The second kappa shape index (κ2) is 6.53. The topological polar surface area (TPSA) is 82.2 Å². The van der Waals surface area contributed by atoms with E-state index >= 15 is 0 Å². The number of thiophene rings is 1. The molecule has 1 saturated heterocycles. The molecule has 3 N–H and O–H groups in total. The molecule has 0 aliphatic carbocycles. The van der Waals surface area contributed by atoms with Gasteiger partial charge in [-0.15, -0.1) is 0 Å². The first-order valence-electron chi connectivity index (χ1n) is 6.16. The van der Waals surface area contributed by atoms with Crippen LogP contribution in [0.2, 0.25) is 0 Å². The predicted octanol–water partition coefficient (Wildman–Crippen LogP) is 0.181. The Morgan fingerprint density at radius 3 is 2.74 bits per heavy atom. The Hall–Kier alpha value is -1.60. The molecule has 2 heterocycles. The minimum absolute atomic E-state index is 0.168. The number of carbonyl (C=O) groups excluding carboxylic acids is 1. The maximum atomic E-state index is 12.1. The molecular weight excluding hydrogens is 264 g/mol. The highest BCUT2D eigenvalue weighted by atomic mass is 32.1. The lowest BCUT2D eigenvalue weighted by Crippen LogP contribution is -2.51. The van der Waals surface area contributed by atoms with Gasteiger partial charge in [-0.25, -0.2) is 0 Å². The quantitative estimate of drug-likeness (QED) is 0.357. The van der Waals surface area contributed by atoms with Gasteiger partial charge in [-0.05, 0) is 22.4 Å². The highest BCUT2D eigenvalue weighted by Crippen LogP contribution is 2.10. The lowest BCUT2D eigenvalue weighted by atomic mass is 10.2. The van der Waals surface area contributed by atoms with Crippen LogP contribution in [0.1, 0.15) is 5.56 Å². The monoisotopic (exact) mass is 282 g/mol. The van der Waals surface area contributed by atoms with Gasteiger partial charge < -0.3 is 15.8 Å². The first kappa shape index (κ1) is 13.8. The molecule has 0 aromatic carbocycles. The Morgan fingerprint density at radius 2 is 2.16 bits per heavy atom. The van der Waals surface area contributed by atoms with Gasteiger partial charge in [0.15, 0.2) is 5.84 Å². The number of rotatable bonds is 4. The Balaban J connectivity index is 1.78. The van der Waals surface area contributed by atoms with Crippen LogP contribution >= 0.6 is 11.3 Å². The average molecular weight is 282 g/mol. The molecule has 6 nitrogen and oxygen atoms in total. The van der Waals surface area contributed by atoms with E-state index in [-0.39, 0.29) is 11.7 Å². The Bertz CT molecular complexity index is 439. The molecule has 104 valence electrons. The van der Waals surface area contributed by atoms with E-state index in [1.54, 1.807) is 11.3 Å². The molecule has 0 radical (unpaired) electrons. The van der Waals surface area contributed by atoms with E-state index in [2.05, 4.69) is 10.1 Å². The van der Waals surface area contributed by atoms with E-state index in [9.17, 15) is 4.79 Å². The van der Waals surface area contributed by atoms with Gasteiger partial charge in [0.05, 0.1) is 13.0 Å². The van der Waals surface area contributed by atoms with Crippen LogP contribution in [0.3, 0.4) is 0 Å². The molecule has 7 heteroatoms. The predicted molar refractivity (Wildman–Crippen MR) is 74.5 cm³/mol. The minimum atomic E-state index is 0.168. The number of amidine groups is 1. The summed E-state index contributed by atoms with van der Waals surface area (Å²) in [5.74, 6) is 0.375. The Morgan fingerprint density at radius 1 is 1.42 bits per heavy atom. The zero-order chi connectivity index (χ0) is 13.7. The molecule has 0 unspecified atom stereocenters. The van der Waals surface area contributed by atoms with Crippen molar-refractivity contribution < 1.29 is 10.0 Å². The van der Waals surface area contributed by atoms with Gasteiger partial charge in [0.25, 0.3) is 0 Å². The van der Waals surface area contributed by atoms with Gasteiger partial charge in [0.1, 0.15) is 0 Å². The maximum absolute atomic E-state index is 12.1. The molecular formula is C12H18N4O2S. The fourth-order valence-corrected chi connectivity index (χ4v) is 2.76. The summed E-state index contributed by atoms with van der Waals surface area (Å²) in [6.07, 6.45) is 0.476. The summed E-state index contributed by atoms with van der Waals surface area (Å²) in [7, 11) is 0. The highest BCUT2D eigenvalue weighted by molar-refractivity contribution is 7.07. The van der Waals surface area contributed by atoms with E-state index in [1.807, 2.05) is 21.7 Å². The molecule has 1 aromatic heterocycles. The third-order valence-electron chi connectivity index (χ3n) is 3.17. The van der Waals surface area contributed by atoms with Crippen LogP contribution in [0.4, 0.5) is 0 Å². The largest absolute Gasteiger partial charge is 0.409 e. The Kier molecular flexibility index (Phi) is 4.75. The van der Waals surface area contributed by atoms with Gasteiger partial charge in [-0.1, -0.05) is 5.16 Å². The van der Waals surface area contributed by atoms with E-state index in [4.69, 9.17) is 10.9 Å². The average Bonchev–Trinajstić information content (AvgIpc) is 2.92. The summed E-state index contributed by atoms with van der Waals surface area (Å²) in [6, 6.07) is 1.98. The van der Waals surface area contributed by atoms with Crippen molar-refractivity contribution in [3.05, 3.63) is 22.4 Å². The number of nitrogens with two attached hydrogens (primary N) is 1. The second-order valence-corrected chi connectivity index (χ2v) is 5.34. The van der Waals surface area contributed by atoms with E-state index in [0.717, 1.165) is 18.7 Å². The summed E-state index contributed by atoms with van der Waals surface area (Å²) in [5, 5.41) is 15.5. The van der Waals surface area contributed by atoms with Gasteiger partial charge in [0.2, 0.25) is 5.91 Å². The highest BCUT2D eigenvalue weighted by Gasteiger charge is 2.21. The number of hydrogen-bond acceptors (Lipinski definition) is 5. The zero-order valence-electron chi connectivity index (χ0n) is 10.7. The standard InChI is InChI=1S/C12H18N4O2S/c13-11(14-18)8-15-2-4-16(5-3-15)12(17)7-10-1-6-19-9-10/h1,6,9,18H,2-5,7-8H2,(H2,13,14). The first-order valence-corrected chi connectivity index (χ1v) is 7.11. The molecule has 0 atom stereocenters. The fraction of sp³-hybridized carbons (Fsp3) is 0.500. The number of piperazine rings is 1. The van der Waals surface area contributed by atoms with Crippen LogP contribution in [0.25, 0.3) is 0 Å². The number of carbonyl (C=O) groups is 1. The normalized spacial score (nSPS) is 17.7. The maximum Gasteiger partial charge on any atom is 0.227 e. The zero-order valence-corrected chi connectivity index (χ0v) is 11.5. The van der Waals surface area contributed by atoms with Gasteiger partial charge in [-0.3, -0.25) is 9.69 Å². The smallest absolute Gasteiger partial charge is 0.227 e.